The van der Waals surface area contributed by atoms with Gasteiger partial charge in [0.05, 0.1) is 5.71 Å². The second-order valence-electron chi connectivity index (χ2n) is 5.86. The number of aliphatic imine (C=N–C) groups is 1. The van der Waals surface area contributed by atoms with Crippen LogP contribution in [0.5, 0.6) is 0 Å². The van der Waals surface area contributed by atoms with Gasteiger partial charge in [-0.1, -0.05) is 42.5 Å². The molecule has 1 heterocycles. The molecule has 1 aliphatic heterocycles. The fourth-order valence-corrected chi connectivity index (χ4v) is 3.37. The quantitative estimate of drug-likeness (QED) is 0.795. The van der Waals surface area contributed by atoms with Crippen LogP contribution in [-0.4, -0.2) is 11.5 Å². The van der Waals surface area contributed by atoms with Crippen LogP contribution in [0.3, 0.4) is 0 Å². The molecule has 1 saturated carbocycles. The zero-order valence-electron chi connectivity index (χ0n) is 11.8. The van der Waals surface area contributed by atoms with Crippen molar-refractivity contribution < 1.29 is 9.53 Å². The molecule has 0 aromatic heterocycles. The number of hydrogen-bond acceptors (Lipinski definition) is 3. The van der Waals surface area contributed by atoms with Crippen LogP contribution in [0, 0.1) is 11.8 Å². The molecule has 0 bridgehead atoms. The first-order valence-corrected chi connectivity index (χ1v) is 7.53. The van der Waals surface area contributed by atoms with Crippen molar-refractivity contribution in [3.63, 3.8) is 0 Å². The molecule has 0 spiro atoms. The van der Waals surface area contributed by atoms with Crippen molar-refractivity contribution in [3.05, 3.63) is 59.5 Å². The Hall–Kier alpha value is -2.16. The number of nitrogens with zero attached hydrogens (tertiary/aromatic N) is 1. The maximum Gasteiger partial charge on any atom is 0.226 e. The summed E-state index contributed by atoms with van der Waals surface area (Å²) in [6.07, 6.45) is 7.24. The van der Waals surface area contributed by atoms with E-state index in [1.54, 1.807) is 0 Å². The summed E-state index contributed by atoms with van der Waals surface area (Å²) in [6.45, 7) is 0.470. The summed E-state index contributed by atoms with van der Waals surface area (Å²) >= 11 is 0. The van der Waals surface area contributed by atoms with Crippen LogP contribution in [0.1, 0.15) is 24.8 Å². The molecule has 1 fully saturated rings. The molecule has 3 aliphatic rings. The summed E-state index contributed by atoms with van der Waals surface area (Å²) < 4.78 is 5.74. The normalized spacial score (nSPS) is 26.7. The number of hydrogen-bond donors (Lipinski definition) is 0. The van der Waals surface area contributed by atoms with Crippen molar-refractivity contribution in [2.24, 2.45) is 16.8 Å². The molecule has 21 heavy (non-hydrogen) atoms. The van der Waals surface area contributed by atoms with Gasteiger partial charge in [-0.25, -0.2) is 4.99 Å². The first-order valence-electron chi connectivity index (χ1n) is 7.53. The molecular weight excluding hydrogens is 262 g/mol. The van der Waals surface area contributed by atoms with E-state index in [0.29, 0.717) is 18.4 Å². The largest absolute Gasteiger partial charge is 0.472 e. The van der Waals surface area contributed by atoms with E-state index in [1.807, 2.05) is 30.3 Å². The fourth-order valence-electron chi connectivity index (χ4n) is 3.37. The van der Waals surface area contributed by atoms with Gasteiger partial charge in [0.2, 0.25) is 5.88 Å². The van der Waals surface area contributed by atoms with E-state index < -0.39 is 0 Å². The zero-order chi connectivity index (χ0) is 14.2. The maximum atomic E-state index is 12.6. The number of Topliss-reactive ketones (excluding diaryl/α,β-unsaturated/α-hetero) is 1. The smallest absolute Gasteiger partial charge is 0.226 e. The fraction of sp³-hybridized carbons (Fsp3) is 0.333. The molecule has 1 aromatic rings. The van der Waals surface area contributed by atoms with Gasteiger partial charge in [0.25, 0.3) is 0 Å². The highest BCUT2D eigenvalue weighted by molar-refractivity contribution is 6.28. The van der Waals surface area contributed by atoms with Crippen LogP contribution < -0.4 is 0 Å². The Morgan fingerprint density at radius 2 is 2.10 bits per heavy atom. The molecule has 3 heteroatoms. The molecule has 2 aliphatic carbocycles. The first-order chi connectivity index (χ1) is 10.3. The maximum absolute atomic E-state index is 12.6. The minimum absolute atomic E-state index is 0.138. The van der Waals surface area contributed by atoms with Gasteiger partial charge >= 0.3 is 0 Å². The molecule has 0 amide bonds. The van der Waals surface area contributed by atoms with Gasteiger partial charge < -0.3 is 4.74 Å². The third kappa shape index (κ3) is 2.13. The molecular formula is C18H17NO2. The summed E-state index contributed by atoms with van der Waals surface area (Å²) in [6, 6.07) is 9.97. The zero-order valence-corrected chi connectivity index (χ0v) is 11.8. The Kier molecular flexibility index (Phi) is 2.99. The lowest BCUT2D eigenvalue weighted by atomic mass is 9.69. The van der Waals surface area contributed by atoms with E-state index in [2.05, 4.69) is 17.1 Å². The topological polar surface area (TPSA) is 38.7 Å². The van der Waals surface area contributed by atoms with Gasteiger partial charge in [0, 0.05) is 5.92 Å². The Bertz CT molecular complexity index is 670. The van der Waals surface area contributed by atoms with E-state index in [9.17, 15) is 4.79 Å². The van der Waals surface area contributed by atoms with E-state index in [0.717, 1.165) is 36.1 Å². The van der Waals surface area contributed by atoms with Gasteiger partial charge in [-0.2, -0.15) is 0 Å². The van der Waals surface area contributed by atoms with Crippen LogP contribution in [0.2, 0.25) is 0 Å². The summed E-state index contributed by atoms with van der Waals surface area (Å²) in [7, 11) is 0. The third-order valence-electron chi connectivity index (χ3n) is 4.51. The van der Waals surface area contributed by atoms with E-state index >= 15 is 0 Å². The van der Waals surface area contributed by atoms with Gasteiger partial charge in [0.1, 0.15) is 12.2 Å². The summed E-state index contributed by atoms with van der Waals surface area (Å²) in [4.78, 5) is 17.0. The van der Waals surface area contributed by atoms with Crippen molar-refractivity contribution >= 4 is 11.5 Å². The van der Waals surface area contributed by atoms with Gasteiger partial charge in [0.15, 0.2) is 5.78 Å². The van der Waals surface area contributed by atoms with Crippen molar-refractivity contribution in [1.82, 2.24) is 0 Å². The molecule has 3 nitrogen and oxygen atoms in total. The second kappa shape index (κ2) is 4.99. The standard InChI is InChI=1S/C18H17NO2/c20-17-14-9-5-4-8-13(14)10-15-16(17)18(19-15)21-11-12-6-2-1-3-7-12/h1-4,6-8,13-14H,5,9-11H2. The van der Waals surface area contributed by atoms with Crippen molar-refractivity contribution in [3.8, 4) is 0 Å². The van der Waals surface area contributed by atoms with Crippen molar-refractivity contribution in [1.29, 1.82) is 0 Å². The minimum atomic E-state index is 0.138. The van der Waals surface area contributed by atoms with E-state index in [1.165, 1.54) is 0 Å². The lowest BCUT2D eigenvalue weighted by molar-refractivity contribution is -0.121. The Morgan fingerprint density at radius 1 is 1.24 bits per heavy atom. The highest BCUT2D eigenvalue weighted by atomic mass is 16.5. The Morgan fingerprint density at radius 3 is 2.95 bits per heavy atom. The van der Waals surface area contributed by atoms with Crippen LogP contribution in [0.4, 0.5) is 0 Å². The number of ketones is 1. The van der Waals surface area contributed by atoms with E-state index in [4.69, 9.17) is 4.74 Å². The van der Waals surface area contributed by atoms with Gasteiger partial charge in [-0.3, -0.25) is 4.79 Å². The molecule has 0 radical (unpaired) electrons. The molecule has 2 atom stereocenters. The second-order valence-corrected chi connectivity index (χ2v) is 5.86. The van der Waals surface area contributed by atoms with Gasteiger partial charge in [-0.05, 0) is 30.7 Å². The third-order valence-corrected chi connectivity index (χ3v) is 4.51. The predicted octanol–water partition coefficient (Wildman–Crippen LogP) is 3.42. The average Bonchev–Trinajstić information content (AvgIpc) is 2.50. The van der Waals surface area contributed by atoms with Crippen LogP contribution >= 0.6 is 0 Å². The highest BCUT2D eigenvalue weighted by Crippen LogP contribution is 2.41. The number of rotatable bonds is 3. The first kappa shape index (κ1) is 12.6. The monoisotopic (exact) mass is 279 g/mol. The Labute approximate surface area is 124 Å². The molecule has 106 valence electrons. The lowest BCUT2D eigenvalue weighted by Gasteiger charge is -2.36. The average molecular weight is 279 g/mol. The van der Waals surface area contributed by atoms with Gasteiger partial charge in [-0.15, -0.1) is 0 Å². The predicted molar refractivity (Wildman–Crippen MR) is 80.7 cm³/mol. The molecule has 0 saturated heterocycles. The summed E-state index contributed by atoms with van der Waals surface area (Å²) in [5.41, 5.74) is 2.80. The number of carbonyl (C=O) groups is 1. The molecule has 0 N–H and O–H groups in total. The minimum Gasteiger partial charge on any atom is -0.472 e. The molecule has 1 aromatic carbocycles. The van der Waals surface area contributed by atoms with Crippen LogP contribution in [0.15, 0.2) is 58.9 Å². The number of carbonyl (C=O) groups excluding carboxylic acids is 1. The lowest BCUT2D eigenvalue weighted by Crippen LogP contribution is -2.40. The number of benzene rings is 1. The van der Waals surface area contributed by atoms with Crippen LogP contribution in [-0.2, 0) is 16.1 Å². The highest BCUT2D eigenvalue weighted by Gasteiger charge is 2.43. The van der Waals surface area contributed by atoms with Crippen molar-refractivity contribution in [2.45, 2.75) is 25.9 Å². The Balaban J connectivity index is 1.50. The summed E-state index contributed by atoms with van der Waals surface area (Å²) in [5, 5.41) is 0. The van der Waals surface area contributed by atoms with E-state index in [-0.39, 0.29) is 11.7 Å². The molecule has 2 unspecified atom stereocenters. The number of allylic oxidation sites excluding steroid dienone is 3. The van der Waals surface area contributed by atoms with Crippen molar-refractivity contribution in [2.75, 3.05) is 0 Å². The number of ether oxygens (including phenoxy) is 1. The number of fused-ring (bicyclic) bond motifs is 2. The SMILES string of the molecule is O=C1C2=C(OCc3ccccc3)N=C2CC2C=CCCC12. The summed E-state index contributed by atoms with van der Waals surface area (Å²) in [5.74, 6) is 1.28. The van der Waals surface area contributed by atoms with Crippen LogP contribution in [0.25, 0.3) is 0 Å². The molecule has 4 rings (SSSR count).